The Labute approximate surface area is 113 Å². The van der Waals surface area contributed by atoms with Gasteiger partial charge in [0.1, 0.15) is 5.75 Å². The van der Waals surface area contributed by atoms with Gasteiger partial charge in [-0.2, -0.15) is 0 Å². The Balaban J connectivity index is 1.87. The third-order valence-corrected chi connectivity index (χ3v) is 3.83. The van der Waals surface area contributed by atoms with E-state index in [9.17, 15) is 9.90 Å². The van der Waals surface area contributed by atoms with Crippen LogP contribution in [0, 0.1) is 5.41 Å². The van der Waals surface area contributed by atoms with Gasteiger partial charge in [-0.25, -0.2) is 0 Å². The first-order valence-corrected chi connectivity index (χ1v) is 6.62. The average molecular weight is 263 g/mol. The summed E-state index contributed by atoms with van der Waals surface area (Å²) in [6.45, 7) is 3.26. The number of aromatic hydroxyl groups is 1. The van der Waals surface area contributed by atoms with Crippen LogP contribution in [-0.2, 0) is 9.53 Å². The summed E-state index contributed by atoms with van der Waals surface area (Å²) in [5.41, 5.74) is 1.07. The molecule has 1 fully saturated rings. The van der Waals surface area contributed by atoms with Crippen LogP contribution in [0.2, 0.25) is 0 Å². The first-order chi connectivity index (χ1) is 9.06. The molecule has 2 N–H and O–H groups in total. The summed E-state index contributed by atoms with van der Waals surface area (Å²) in [5.74, 6) is 0.0281. The van der Waals surface area contributed by atoms with Gasteiger partial charge in [-0.15, -0.1) is 0 Å². The first-order valence-electron chi connectivity index (χ1n) is 6.62. The van der Waals surface area contributed by atoms with Gasteiger partial charge in [0, 0.05) is 19.1 Å². The van der Waals surface area contributed by atoms with Crippen molar-refractivity contribution in [1.29, 1.82) is 0 Å². The average Bonchev–Trinajstić information content (AvgIpc) is 3.17. The summed E-state index contributed by atoms with van der Waals surface area (Å²) < 4.78 is 5.18. The molecule has 4 nitrogen and oxygen atoms in total. The third kappa shape index (κ3) is 3.47. The lowest BCUT2D eigenvalue weighted by Gasteiger charge is -2.17. The minimum atomic E-state index is -0.209. The summed E-state index contributed by atoms with van der Waals surface area (Å²) in [6.07, 6.45) is 2.24. The van der Waals surface area contributed by atoms with Gasteiger partial charge in [-0.3, -0.25) is 4.79 Å². The normalized spacial score (nSPS) is 17.8. The monoisotopic (exact) mass is 263 g/mol. The van der Waals surface area contributed by atoms with Crippen molar-refractivity contribution < 1.29 is 14.6 Å². The molecule has 1 unspecified atom stereocenters. The number of hydrogen-bond acceptors (Lipinski definition) is 3. The number of nitrogens with one attached hydrogen (secondary N) is 1. The van der Waals surface area contributed by atoms with Crippen LogP contribution in [0.15, 0.2) is 24.3 Å². The van der Waals surface area contributed by atoms with Crippen LogP contribution in [0.3, 0.4) is 0 Å². The zero-order chi connectivity index (χ0) is 13.9. The van der Waals surface area contributed by atoms with Crippen LogP contribution in [0.25, 0.3) is 0 Å². The molecule has 19 heavy (non-hydrogen) atoms. The Morgan fingerprint density at radius 3 is 2.58 bits per heavy atom. The van der Waals surface area contributed by atoms with Crippen molar-refractivity contribution in [2.45, 2.75) is 25.7 Å². The van der Waals surface area contributed by atoms with Crippen LogP contribution < -0.4 is 5.32 Å². The zero-order valence-corrected chi connectivity index (χ0v) is 11.5. The number of benzene rings is 1. The maximum Gasteiger partial charge on any atom is 0.227 e. The van der Waals surface area contributed by atoms with E-state index in [0.29, 0.717) is 13.2 Å². The minimum absolute atomic E-state index is 0.0214. The van der Waals surface area contributed by atoms with Crippen molar-refractivity contribution in [2.75, 3.05) is 20.3 Å². The number of rotatable bonds is 6. The van der Waals surface area contributed by atoms with Gasteiger partial charge in [0.15, 0.2) is 0 Å². The first kappa shape index (κ1) is 13.9. The van der Waals surface area contributed by atoms with Gasteiger partial charge in [0.2, 0.25) is 5.91 Å². The number of hydrogen-bond donors (Lipinski definition) is 2. The second-order valence-electron chi connectivity index (χ2n) is 5.46. The fourth-order valence-corrected chi connectivity index (χ4v) is 2.20. The SMILES string of the molecule is COCC1(CNC(=O)C(C)c2ccc(O)cc2)CC1. The molecule has 1 atom stereocenters. The van der Waals surface area contributed by atoms with Gasteiger partial charge in [-0.05, 0) is 37.5 Å². The molecule has 2 rings (SSSR count). The molecule has 0 aliphatic heterocycles. The van der Waals surface area contributed by atoms with Crippen molar-refractivity contribution in [3.05, 3.63) is 29.8 Å². The number of methoxy groups -OCH3 is 1. The summed E-state index contributed by atoms with van der Waals surface area (Å²) in [7, 11) is 1.70. The van der Waals surface area contributed by atoms with Crippen LogP contribution in [0.4, 0.5) is 0 Å². The predicted octanol–water partition coefficient (Wildman–Crippen LogP) is 2.04. The number of amides is 1. The molecule has 1 aromatic rings. The van der Waals surface area contributed by atoms with Gasteiger partial charge in [-0.1, -0.05) is 12.1 Å². The molecule has 1 saturated carbocycles. The molecule has 0 spiro atoms. The van der Waals surface area contributed by atoms with Crippen molar-refractivity contribution in [3.63, 3.8) is 0 Å². The maximum absolute atomic E-state index is 12.1. The van der Waals surface area contributed by atoms with Crippen molar-refractivity contribution in [2.24, 2.45) is 5.41 Å². The van der Waals surface area contributed by atoms with E-state index >= 15 is 0 Å². The van der Waals surface area contributed by atoms with Crippen molar-refractivity contribution >= 4 is 5.91 Å². The van der Waals surface area contributed by atoms with Crippen molar-refractivity contribution in [1.82, 2.24) is 5.32 Å². The number of ether oxygens (including phenoxy) is 1. The molecule has 1 aromatic carbocycles. The van der Waals surface area contributed by atoms with Gasteiger partial charge in [0.05, 0.1) is 12.5 Å². The number of carbonyl (C=O) groups excluding carboxylic acids is 1. The maximum atomic E-state index is 12.1. The molecule has 0 radical (unpaired) electrons. The highest BCUT2D eigenvalue weighted by atomic mass is 16.5. The lowest BCUT2D eigenvalue weighted by molar-refractivity contribution is -0.122. The lowest BCUT2D eigenvalue weighted by atomic mass is 9.99. The topological polar surface area (TPSA) is 58.6 Å². The fourth-order valence-electron chi connectivity index (χ4n) is 2.20. The van der Waals surface area contributed by atoms with Gasteiger partial charge < -0.3 is 15.2 Å². The minimum Gasteiger partial charge on any atom is -0.508 e. The lowest BCUT2D eigenvalue weighted by Crippen LogP contribution is -2.34. The van der Waals surface area contributed by atoms with E-state index in [1.54, 1.807) is 31.4 Å². The van der Waals surface area contributed by atoms with Crippen LogP contribution in [0.5, 0.6) is 5.75 Å². The smallest absolute Gasteiger partial charge is 0.227 e. The number of phenolic OH excluding ortho intramolecular Hbond substituents is 1. The van der Waals surface area contributed by atoms with Gasteiger partial charge >= 0.3 is 0 Å². The van der Waals surface area contributed by atoms with Crippen molar-refractivity contribution in [3.8, 4) is 5.75 Å². The summed E-state index contributed by atoms with van der Waals surface area (Å²) in [6, 6.07) is 6.77. The van der Waals surface area contributed by atoms with E-state index in [1.165, 1.54) is 0 Å². The Kier molecular flexibility index (Phi) is 4.10. The zero-order valence-electron chi connectivity index (χ0n) is 11.5. The van der Waals surface area contributed by atoms with Crippen LogP contribution in [-0.4, -0.2) is 31.3 Å². The molecule has 0 saturated heterocycles. The number of carbonyl (C=O) groups is 1. The Morgan fingerprint density at radius 1 is 1.42 bits per heavy atom. The Bertz CT molecular complexity index is 437. The molecule has 1 aliphatic rings. The molecule has 0 bridgehead atoms. The molecule has 0 heterocycles. The van der Waals surface area contributed by atoms with Crippen LogP contribution in [0.1, 0.15) is 31.2 Å². The highest BCUT2D eigenvalue weighted by Crippen LogP contribution is 2.45. The van der Waals surface area contributed by atoms with E-state index in [0.717, 1.165) is 18.4 Å². The highest BCUT2D eigenvalue weighted by Gasteiger charge is 2.42. The van der Waals surface area contributed by atoms with E-state index in [-0.39, 0.29) is 23.0 Å². The molecule has 1 amide bonds. The Morgan fingerprint density at radius 2 is 2.05 bits per heavy atom. The largest absolute Gasteiger partial charge is 0.508 e. The van der Waals surface area contributed by atoms with E-state index in [4.69, 9.17) is 4.74 Å². The second kappa shape index (κ2) is 5.61. The second-order valence-corrected chi connectivity index (χ2v) is 5.46. The molecule has 104 valence electrons. The van der Waals surface area contributed by atoms with E-state index < -0.39 is 0 Å². The fraction of sp³-hybridized carbons (Fsp3) is 0.533. The summed E-state index contributed by atoms with van der Waals surface area (Å²) in [4.78, 5) is 12.1. The molecule has 0 aromatic heterocycles. The molecule has 1 aliphatic carbocycles. The van der Waals surface area contributed by atoms with E-state index in [1.807, 2.05) is 6.92 Å². The Hall–Kier alpha value is -1.55. The number of phenols is 1. The quantitative estimate of drug-likeness (QED) is 0.825. The molecular formula is C15H21NO3. The van der Waals surface area contributed by atoms with Crippen LogP contribution >= 0.6 is 0 Å². The predicted molar refractivity (Wildman–Crippen MR) is 73.1 cm³/mol. The molecule has 4 heteroatoms. The van der Waals surface area contributed by atoms with Gasteiger partial charge in [0.25, 0.3) is 0 Å². The standard InChI is InChI=1S/C15H21NO3/c1-11(12-3-5-13(17)6-4-12)14(18)16-9-15(7-8-15)10-19-2/h3-6,11,17H,7-10H2,1-2H3,(H,16,18). The van der Waals surface area contributed by atoms with E-state index in [2.05, 4.69) is 5.32 Å². The summed E-state index contributed by atoms with van der Waals surface area (Å²) in [5, 5.41) is 12.2. The summed E-state index contributed by atoms with van der Waals surface area (Å²) >= 11 is 0. The molecular weight excluding hydrogens is 242 g/mol. The highest BCUT2D eigenvalue weighted by molar-refractivity contribution is 5.83. The third-order valence-electron chi connectivity index (χ3n) is 3.83.